The summed E-state index contributed by atoms with van der Waals surface area (Å²) in [6, 6.07) is 2.10. The minimum absolute atomic E-state index is 0.540. The number of rotatable bonds is 2. The smallest absolute Gasteiger partial charge is 0.201 e. The van der Waals surface area contributed by atoms with E-state index >= 15 is 0 Å². The lowest BCUT2D eigenvalue weighted by molar-refractivity contribution is 0.417. The molecule has 0 bridgehead atoms. The number of ether oxygens (including phenoxy) is 1. The Morgan fingerprint density at radius 3 is 2.93 bits per heavy atom. The van der Waals surface area contributed by atoms with Gasteiger partial charge in [0.25, 0.3) is 0 Å². The number of thiocarbonyl (C=S) groups is 1. The quantitative estimate of drug-likeness (QED) is 0.767. The highest BCUT2D eigenvalue weighted by Crippen LogP contribution is 2.33. The summed E-state index contributed by atoms with van der Waals surface area (Å²) in [5, 5.41) is 3.49. The average molecular weight is 255 g/mol. The molecule has 0 fully saturated rings. The van der Waals surface area contributed by atoms with Crippen molar-refractivity contribution in [3.8, 4) is 10.6 Å². The molecule has 2 aromatic rings. The third kappa shape index (κ3) is 2.09. The summed E-state index contributed by atoms with van der Waals surface area (Å²) in [6.45, 7) is 2.06. The third-order valence-electron chi connectivity index (χ3n) is 1.89. The predicted octanol–water partition coefficient (Wildman–Crippen LogP) is 3.50. The van der Waals surface area contributed by atoms with Gasteiger partial charge in [-0.2, -0.15) is 0 Å². The Morgan fingerprint density at radius 1 is 1.53 bits per heavy atom. The molecule has 0 aromatic carbocycles. The molecule has 0 atom stereocenters. The molecule has 0 unspecified atom stereocenters. The molecule has 15 heavy (non-hydrogen) atoms. The number of nitrogens with zero attached hydrogens (tertiary/aromatic N) is 1. The molecule has 78 valence electrons. The summed E-state index contributed by atoms with van der Waals surface area (Å²) in [7, 11) is 1.60. The van der Waals surface area contributed by atoms with Crippen LogP contribution in [-0.2, 0) is 4.74 Å². The van der Waals surface area contributed by atoms with Gasteiger partial charge in [0.15, 0.2) is 0 Å². The van der Waals surface area contributed by atoms with Crippen molar-refractivity contribution in [1.82, 2.24) is 4.98 Å². The molecule has 0 radical (unpaired) electrons. The molecule has 0 saturated heterocycles. The van der Waals surface area contributed by atoms with Gasteiger partial charge < -0.3 is 4.74 Å². The van der Waals surface area contributed by atoms with Gasteiger partial charge in [0.05, 0.1) is 12.0 Å². The number of aromatic nitrogens is 1. The molecule has 5 heteroatoms. The highest BCUT2D eigenvalue weighted by molar-refractivity contribution is 7.80. The molecule has 2 heterocycles. The summed E-state index contributed by atoms with van der Waals surface area (Å²) in [5.74, 6) is 0. The maximum Gasteiger partial charge on any atom is 0.201 e. The van der Waals surface area contributed by atoms with Crippen LogP contribution in [0.4, 0.5) is 0 Å². The Labute approximate surface area is 102 Å². The second-order valence-corrected chi connectivity index (χ2v) is 5.45. The summed E-state index contributed by atoms with van der Waals surface area (Å²) < 4.78 is 5.11. The summed E-state index contributed by atoms with van der Waals surface area (Å²) >= 11 is 8.42. The standard InChI is InChI=1S/C10H9NOS3/c1-6-5-7(9-11-3-4-14-9)8(15-6)10(13)12-2/h3-5H,1-2H3. The number of hydrogen-bond donors (Lipinski definition) is 0. The molecule has 0 spiro atoms. The van der Waals surface area contributed by atoms with E-state index in [4.69, 9.17) is 17.0 Å². The van der Waals surface area contributed by atoms with Crippen molar-refractivity contribution in [3.63, 3.8) is 0 Å². The summed E-state index contributed by atoms with van der Waals surface area (Å²) in [5.41, 5.74) is 1.08. The maximum absolute atomic E-state index is 5.16. The Morgan fingerprint density at radius 2 is 2.33 bits per heavy atom. The number of aryl methyl sites for hydroxylation is 1. The molecule has 0 aliphatic heterocycles. The van der Waals surface area contributed by atoms with Gasteiger partial charge in [-0.1, -0.05) is 0 Å². The second kappa shape index (κ2) is 4.38. The Balaban J connectivity index is 2.52. The van der Waals surface area contributed by atoms with E-state index in [1.165, 1.54) is 4.88 Å². The number of methoxy groups -OCH3 is 1. The van der Waals surface area contributed by atoms with Gasteiger partial charge in [0.2, 0.25) is 5.05 Å². The molecule has 0 aliphatic rings. The topological polar surface area (TPSA) is 22.1 Å². The fourth-order valence-electron chi connectivity index (χ4n) is 1.27. The molecule has 0 saturated carbocycles. The lowest BCUT2D eigenvalue weighted by atomic mass is 10.2. The Hall–Kier alpha value is -0.780. The van der Waals surface area contributed by atoms with E-state index in [0.717, 1.165) is 15.4 Å². The van der Waals surface area contributed by atoms with Gasteiger partial charge in [0.1, 0.15) is 5.01 Å². The largest absolute Gasteiger partial charge is 0.486 e. The first-order valence-corrected chi connectivity index (χ1v) is 6.41. The summed E-state index contributed by atoms with van der Waals surface area (Å²) in [4.78, 5) is 6.50. The monoisotopic (exact) mass is 255 g/mol. The predicted molar refractivity (Wildman–Crippen MR) is 68.9 cm³/mol. The minimum Gasteiger partial charge on any atom is -0.486 e. The third-order valence-corrected chi connectivity index (χ3v) is 4.24. The molecule has 2 nitrogen and oxygen atoms in total. The molecule has 2 rings (SSSR count). The molecular formula is C10H9NOS3. The SMILES string of the molecule is COC(=S)c1sc(C)cc1-c1nccs1. The number of hydrogen-bond acceptors (Lipinski definition) is 5. The van der Waals surface area contributed by atoms with Gasteiger partial charge in [-0.15, -0.1) is 22.7 Å². The number of thiazole rings is 1. The first kappa shape index (κ1) is 10.7. The fourth-order valence-corrected chi connectivity index (χ4v) is 3.16. The van der Waals surface area contributed by atoms with E-state index in [-0.39, 0.29) is 0 Å². The number of thiophene rings is 1. The average Bonchev–Trinajstić information content (AvgIpc) is 2.84. The van der Waals surface area contributed by atoms with Crippen molar-refractivity contribution in [2.75, 3.05) is 7.11 Å². The normalized spacial score (nSPS) is 10.3. The first-order valence-electron chi connectivity index (χ1n) is 4.31. The Kier molecular flexibility index (Phi) is 3.14. The maximum atomic E-state index is 5.16. The van der Waals surface area contributed by atoms with E-state index in [9.17, 15) is 0 Å². The van der Waals surface area contributed by atoms with E-state index in [0.29, 0.717) is 5.05 Å². The lowest BCUT2D eigenvalue weighted by Gasteiger charge is -2.00. The van der Waals surface area contributed by atoms with Gasteiger partial charge >= 0.3 is 0 Å². The van der Waals surface area contributed by atoms with E-state index < -0.39 is 0 Å². The zero-order valence-corrected chi connectivity index (χ0v) is 10.8. The van der Waals surface area contributed by atoms with Crippen LogP contribution in [0.5, 0.6) is 0 Å². The first-order chi connectivity index (χ1) is 7.22. The second-order valence-electron chi connectivity index (χ2n) is 2.93. The van der Waals surface area contributed by atoms with Crippen molar-refractivity contribution < 1.29 is 4.74 Å². The van der Waals surface area contributed by atoms with E-state index in [2.05, 4.69) is 18.0 Å². The highest BCUT2D eigenvalue weighted by Gasteiger charge is 2.15. The molecule has 0 aliphatic carbocycles. The molecule has 2 aromatic heterocycles. The van der Waals surface area contributed by atoms with Crippen LogP contribution in [0.15, 0.2) is 17.6 Å². The van der Waals surface area contributed by atoms with Crippen molar-refractivity contribution >= 4 is 39.9 Å². The van der Waals surface area contributed by atoms with Crippen molar-refractivity contribution in [2.24, 2.45) is 0 Å². The summed E-state index contributed by atoms with van der Waals surface area (Å²) in [6.07, 6.45) is 1.80. The molecule has 0 amide bonds. The highest BCUT2D eigenvalue weighted by atomic mass is 32.1. The van der Waals surface area contributed by atoms with Gasteiger partial charge in [-0.25, -0.2) is 4.98 Å². The zero-order chi connectivity index (χ0) is 10.8. The fraction of sp³-hybridized carbons (Fsp3) is 0.200. The van der Waals surface area contributed by atoms with E-state index in [1.807, 2.05) is 5.38 Å². The van der Waals surface area contributed by atoms with Gasteiger partial charge in [0, 0.05) is 22.0 Å². The molecular weight excluding hydrogens is 246 g/mol. The van der Waals surface area contributed by atoms with Crippen LogP contribution in [0.3, 0.4) is 0 Å². The van der Waals surface area contributed by atoms with Crippen LogP contribution >= 0.6 is 34.9 Å². The van der Waals surface area contributed by atoms with Gasteiger partial charge in [-0.05, 0) is 25.2 Å². The van der Waals surface area contributed by atoms with Gasteiger partial charge in [-0.3, -0.25) is 0 Å². The minimum atomic E-state index is 0.540. The van der Waals surface area contributed by atoms with E-state index in [1.54, 1.807) is 36.0 Å². The van der Waals surface area contributed by atoms with Crippen LogP contribution in [0.1, 0.15) is 9.75 Å². The molecule has 0 N–H and O–H groups in total. The van der Waals surface area contributed by atoms with Crippen LogP contribution < -0.4 is 0 Å². The van der Waals surface area contributed by atoms with Crippen LogP contribution in [0.25, 0.3) is 10.6 Å². The van der Waals surface area contributed by atoms with Crippen molar-refractivity contribution in [2.45, 2.75) is 6.92 Å². The Bertz CT molecular complexity index is 473. The zero-order valence-electron chi connectivity index (χ0n) is 8.31. The van der Waals surface area contributed by atoms with Crippen LogP contribution in [0, 0.1) is 6.92 Å². The van der Waals surface area contributed by atoms with Crippen molar-refractivity contribution in [1.29, 1.82) is 0 Å². The lowest BCUT2D eigenvalue weighted by Crippen LogP contribution is -1.97. The van der Waals surface area contributed by atoms with Crippen LogP contribution in [0.2, 0.25) is 0 Å². The van der Waals surface area contributed by atoms with Crippen molar-refractivity contribution in [3.05, 3.63) is 27.4 Å². The van der Waals surface area contributed by atoms with Crippen LogP contribution in [-0.4, -0.2) is 17.1 Å².